The van der Waals surface area contributed by atoms with E-state index >= 15 is 0 Å². The number of methoxy groups -OCH3 is 2. The van der Waals surface area contributed by atoms with Gasteiger partial charge in [-0.05, 0) is 6.07 Å². The number of halogens is 1. The Kier molecular flexibility index (Phi) is 5.49. The lowest BCUT2D eigenvalue weighted by Crippen LogP contribution is -2.68. The largest absolute Gasteiger partial charge is 0.493 e. The van der Waals surface area contributed by atoms with Gasteiger partial charge < -0.3 is 9.47 Å². The monoisotopic (exact) mass is 304 g/mol. The molecule has 0 saturated carbocycles. The molecule has 0 N–H and O–H groups in total. The molecule has 0 saturated heterocycles. The Morgan fingerprint density at radius 1 is 0.900 bits per heavy atom. The zero-order chi connectivity index (χ0) is 15.3. The van der Waals surface area contributed by atoms with Crippen LogP contribution in [0.25, 0.3) is 10.8 Å². The van der Waals surface area contributed by atoms with Crippen LogP contribution >= 0.6 is 0 Å². The first-order valence-corrected chi connectivity index (χ1v) is 6.54. The quantitative estimate of drug-likeness (QED) is 0.605. The first-order valence-electron chi connectivity index (χ1n) is 5.30. The van der Waals surface area contributed by atoms with E-state index in [2.05, 4.69) is 0 Å². The molecule has 0 atom stereocenters. The van der Waals surface area contributed by atoms with Crippen molar-refractivity contribution in [2.75, 3.05) is 14.2 Å². The third kappa shape index (κ3) is 5.16. The third-order valence-corrected chi connectivity index (χ3v) is 2.32. The van der Waals surface area contributed by atoms with Crippen LogP contribution in [0.1, 0.15) is 5.76 Å². The third-order valence-electron chi connectivity index (χ3n) is 2.32. The highest BCUT2D eigenvalue weighted by atomic mass is 35.7. The molecule has 0 amide bonds. The highest BCUT2D eigenvalue weighted by molar-refractivity contribution is 5.85. The lowest BCUT2D eigenvalue weighted by atomic mass is 10.1. The molecule has 110 valence electrons. The van der Waals surface area contributed by atoms with E-state index in [-0.39, 0.29) is 0 Å². The van der Waals surface area contributed by atoms with Crippen LogP contribution < -0.4 is 28.1 Å². The predicted molar refractivity (Wildman–Crippen MR) is 58.5 cm³/mol. The van der Waals surface area contributed by atoms with Crippen LogP contribution in [0.5, 0.6) is 11.5 Å². The summed E-state index contributed by atoms with van der Waals surface area (Å²) in [5.74, 6) is 2.31. The molecular formula is C12H13ClO7. The first kappa shape index (κ1) is 16.4. The van der Waals surface area contributed by atoms with E-state index in [0.29, 0.717) is 5.75 Å². The molecular weight excluding hydrogens is 292 g/mol. The summed E-state index contributed by atoms with van der Waals surface area (Å²) in [6.07, 6.45) is 1.71. The number of aryl methyl sites for hydroxylation is 1. The second kappa shape index (κ2) is 6.69. The summed E-state index contributed by atoms with van der Waals surface area (Å²) in [5.41, 5.74) is 0. The van der Waals surface area contributed by atoms with Gasteiger partial charge in [0.1, 0.15) is 0 Å². The van der Waals surface area contributed by atoms with Crippen LogP contribution in [-0.4, -0.2) is 14.2 Å². The minimum absolute atomic E-state index is 0.712. The van der Waals surface area contributed by atoms with Crippen molar-refractivity contribution in [3.05, 3.63) is 30.2 Å². The molecule has 0 unspecified atom stereocenters. The number of hydrogen-bond donors (Lipinski definition) is 0. The predicted octanol–water partition coefficient (Wildman–Crippen LogP) is -1.72. The average molecular weight is 305 g/mol. The van der Waals surface area contributed by atoms with E-state index in [9.17, 15) is 0 Å². The molecule has 0 aliphatic heterocycles. The number of ether oxygens (including phenoxy) is 2. The molecule has 0 fully saturated rings. The fourth-order valence-electron chi connectivity index (χ4n) is 1.55. The summed E-state index contributed by atoms with van der Waals surface area (Å²) in [7, 11) is -1.70. The molecule has 0 aliphatic carbocycles. The van der Waals surface area contributed by atoms with Crippen LogP contribution in [0, 0.1) is 17.2 Å². The smallest absolute Gasteiger partial charge is 0.326 e. The van der Waals surface area contributed by atoms with Gasteiger partial charge in [-0.25, -0.2) is 23.1 Å². The van der Waals surface area contributed by atoms with Crippen LogP contribution in [0.2, 0.25) is 0 Å². The van der Waals surface area contributed by atoms with Crippen molar-refractivity contribution in [2.24, 2.45) is 0 Å². The molecule has 1 aromatic heterocycles. The van der Waals surface area contributed by atoms with Gasteiger partial charge in [-0.15, -0.1) is 10.2 Å². The van der Waals surface area contributed by atoms with Gasteiger partial charge in [-0.3, -0.25) is 0 Å². The van der Waals surface area contributed by atoms with Crippen molar-refractivity contribution < 1.29 is 42.8 Å². The Morgan fingerprint density at radius 3 is 1.80 bits per heavy atom. The van der Waals surface area contributed by atoms with Crippen LogP contribution in [0.4, 0.5) is 0 Å². The Bertz CT molecular complexity index is 574. The number of benzene rings is 1. The van der Waals surface area contributed by atoms with E-state index < -0.39 is 10.2 Å². The molecule has 0 aliphatic rings. The summed E-state index contributed by atoms with van der Waals surface area (Å²) in [4.78, 5) is 0. The van der Waals surface area contributed by atoms with Crippen LogP contribution in [0.3, 0.4) is 0 Å². The standard InChI is InChI=1S/C12H13O3.ClHO4/c1-8-4-9-5-11(13-2)12(14-3)6-10(9)7-15-8;2-1(3,4)5/h4-7H,1-3H3;(H,2,3,4,5)/q+1;/p-1. The highest BCUT2D eigenvalue weighted by Crippen LogP contribution is 2.32. The van der Waals surface area contributed by atoms with E-state index in [1.54, 1.807) is 20.5 Å². The lowest BCUT2D eigenvalue weighted by molar-refractivity contribution is -2.00. The summed E-state index contributed by atoms with van der Waals surface area (Å²) in [6, 6.07) is 5.81. The normalized spacial score (nSPS) is 10.8. The Morgan fingerprint density at radius 2 is 1.35 bits per heavy atom. The number of fused-ring (bicyclic) bond motifs is 1. The van der Waals surface area contributed by atoms with Gasteiger partial charge in [-0.2, -0.15) is 0 Å². The Labute approximate surface area is 117 Å². The zero-order valence-corrected chi connectivity index (χ0v) is 11.8. The summed E-state index contributed by atoms with van der Waals surface area (Å²) < 4.78 is 49.7. The van der Waals surface area contributed by atoms with Gasteiger partial charge in [0.2, 0.25) is 0 Å². The van der Waals surface area contributed by atoms with Crippen molar-refractivity contribution in [3.63, 3.8) is 0 Å². The minimum Gasteiger partial charge on any atom is -0.493 e. The fourth-order valence-corrected chi connectivity index (χ4v) is 1.55. The molecule has 0 radical (unpaired) electrons. The summed E-state index contributed by atoms with van der Waals surface area (Å²) >= 11 is 0. The zero-order valence-electron chi connectivity index (χ0n) is 11.0. The topological polar surface area (TPSA) is 122 Å². The van der Waals surface area contributed by atoms with E-state index in [1.165, 1.54) is 0 Å². The second-order valence-electron chi connectivity index (χ2n) is 3.70. The van der Waals surface area contributed by atoms with Gasteiger partial charge >= 0.3 is 12.0 Å². The van der Waals surface area contributed by atoms with E-state index in [1.807, 2.05) is 25.1 Å². The minimum atomic E-state index is -4.94. The maximum Gasteiger partial charge on any atom is 0.326 e. The Hall–Kier alpha value is -1.64. The van der Waals surface area contributed by atoms with Crippen LogP contribution in [-0.2, 0) is 0 Å². The summed E-state index contributed by atoms with van der Waals surface area (Å²) in [6.45, 7) is 1.91. The molecule has 0 spiro atoms. The van der Waals surface area contributed by atoms with Gasteiger partial charge in [0, 0.05) is 17.5 Å². The Balaban J connectivity index is 0.000000347. The van der Waals surface area contributed by atoms with Crippen LogP contribution in [0.15, 0.2) is 28.9 Å². The second-order valence-corrected chi connectivity index (χ2v) is 4.46. The molecule has 2 aromatic rings. The molecule has 1 heterocycles. The fraction of sp³-hybridized carbons (Fsp3) is 0.250. The lowest BCUT2D eigenvalue weighted by Gasteiger charge is -2.17. The van der Waals surface area contributed by atoms with Crippen molar-refractivity contribution in [1.29, 1.82) is 0 Å². The average Bonchev–Trinajstić information content (AvgIpc) is 2.35. The van der Waals surface area contributed by atoms with Crippen molar-refractivity contribution in [2.45, 2.75) is 6.92 Å². The van der Waals surface area contributed by atoms with Gasteiger partial charge in [0.25, 0.3) is 0 Å². The van der Waals surface area contributed by atoms with Gasteiger partial charge in [-0.1, -0.05) is 0 Å². The maximum atomic E-state index is 8.49. The van der Waals surface area contributed by atoms with Crippen molar-refractivity contribution >= 4 is 10.8 Å². The summed E-state index contributed by atoms with van der Waals surface area (Å²) in [5, 5.41) is 2.08. The SMILES string of the molecule is COc1cc2c[o+]c(C)cc2cc1OC.[O-][Cl+3]([O-])([O-])[O-]. The molecule has 20 heavy (non-hydrogen) atoms. The number of hydrogen-bond acceptors (Lipinski definition) is 6. The molecule has 8 heteroatoms. The van der Waals surface area contributed by atoms with Crippen molar-refractivity contribution in [3.8, 4) is 11.5 Å². The molecule has 7 nitrogen and oxygen atoms in total. The molecule has 2 rings (SSSR count). The van der Waals surface area contributed by atoms with E-state index in [4.69, 9.17) is 32.5 Å². The maximum absolute atomic E-state index is 8.49. The number of rotatable bonds is 2. The highest BCUT2D eigenvalue weighted by Gasteiger charge is 2.10. The first-order chi connectivity index (χ1) is 9.24. The molecule has 1 aromatic carbocycles. The van der Waals surface area contributed by atoms with E-state index in [0.717, 1.165) is 22.3 Å². The van der Waals surface area contributed by atoms with Gasteiger partial charge in [0.15, 0.2) is 11.5 Å². The van der Waals surface area contributed by atoms with Crippen molar-refractivity contribution in [1.82, 2.24) is 0 Å². The molecule has 0 bridgehead atoms. The van der Waals surface area contributed by atoms with Gasteiger partial charge in [0.05, 0.1) is 26.5 Å².